The average Bonchev–Trinajstić information content (AvgIpc) is 2.89. The summed E-state index contributed by atoms with van der Waals surface area (Å²) in [5, 5.41) is 7.16. The fraction of sp³-hybridized carbons (Fsp3) is 0.267. The van der Waals surface area contributed by atoms with Gasteiger partial charge in [-0.1, -0.05) is 38.1 Å². The fourth-order valence-corrected chi connectivity index (χ4v) is 2.42. The number of amides is 1. The zero-order valence-corrected chi connectivity index (χ0v) is 11.5. The Morgan fingerprint density at radius 2 is 2.06 bits per heavy atom. The highest BCUT2D eigenvalue weighted by atomic mass is 32.1. The van der Waals surface area contributed by atoms with Gasteiger partial charge in [0, 0.05) is 12.5 Å². The molecular weight excluding hydrogens is 242 g/mol. The molecule has 3 heteroatoms. The second-order valence-corrected chi connectivity index (χ2v) is 5.32. The SMILES string of the molecule is CC(C)C(=O)NCc1ccccc1-c1ccsc1. The van der Waals surface area contributed by atoms with Gasteiger partial charge >= 0.3 is 0 Å². The Morgan fingerprint density at radius 1 is 1.28 bits per heavy atom. The molecule has 2 aromatic rings. The molecule has 0 atom stereocenters. The molecule has 0 spiro atoms. The number of hydrogen-bond acceptors (Lipinski definition) is 2. The van der Waals surface area contributed by atoms with E-state index in [4.69, 9.17) is 0 Å². The van der Waals surface area contributed by atoms with Gasteiger partial charge in [-0.05, 0) is 33.5 Å². The highest BCUT2D eigenvalue weighted by Gasteiger charge is 2.09. The van der Waals surface area contributed by atoms with Gasteiger partial charge in [0.05, 0.1) is 0 Å². The molecule has 1 heterocycles. The van der Waals surface area contributed by atoms with E-state index in [9.17, 15) is 4.79 Å². The van der Waals surface area contributed by atoms with Crippen LogP contribution in [0.25, 0.3) is 11.1 Å². The predicted octanol–water partition coefficient (Wildman–Crippen LogP) is 3.69. The molecule has 18 heavy (non-hydrogen) atoms. The first-order chi connectivity index (χ1) is 8.68. The van der Waals surface area contributed by atoms with Crippen LogP contribution in [0, 0.1) is 5.92 Å². The van der Waals surface area contributed by atoms with E-state index in [1.807, 2.05) is 26.0 Å². The van der Waals surface area contributed by atoms with Crippen molar-refractivity contribution in [3.63, 3.8) is 0 Å². The number of hydrogen-bond donors (Lipinski definition) is 1. The van der Waals surface area contributed by atoms with Gasteiger partial charge in [-0.2, -0.15) is 11.3 Å². The van der Waals surface area contributed by atoms with Gasteiger partial charge in [0.15, 0.2) is 0 Å². The van der Waals surface area contributed by atoms with Crippen molar-refractivity contribution in [2.24, 2.45) is 5.92 Å². The van der Waals surface area contributed by atoms with Crippen LogP contribution < -0.4 is 5.32 Å². The summed E-state index contributed by atoms with van der Waals surface area (Å²) in [6.07, 6.45) is 0. The Morgan fingerprint density at radius 3 is 2.72 bits per heavy atom. The molecular formula is C15H17NOS. The number of benzene rings is 1. The lowest BCUT2D eigenvalue weighted by Crippen LogP contribution is -2.27. The molecule has 1 aromatic carbocycles. The van der Waals surface area contributed by atoms with Crippen LogP contribution in [-0.4, -0.2) is 5.91 Å². The third-order valence-corrected chi connectivity index (χ3v) is 3.51. The zero-order valence-electron chi connectivity index (χ0n) is 10.6. The van der Waals surface area contributed by atoms with E-state index in [0.29, 0.717) is 6.54 Å². The normalized spacial score (nSPS) is 10.6. The standard InChI is InChI=1S/C15H17NOS/c1-11(2)15(17)16-9-12-5-3-4-6-14(12)13-7-8-18-10-13/h3-8,10-11H,9H2,1-2H3,(H,16,17). The molecule has 1 amide bonds. The van der Waals surface area contributed by atoms with Crippen LogP contribution in [0.1, 0.15) is 19.4 Å². The predicted molar refractivity (Wildman–Crippen MR) is 76.4 cm³/mol. The van der Waals surface area contributed by atoms with E-state index in [0.717, 1.165) is 5.56 Å². The minimum absolute atomic E-state index is 0.0262. The van der Waals surface area contributed by atoms with Crippen molar-refractivity contribution in [3.05, 3.63) is 46.7 Å². The van der Waals surface area contributed by atoms with Crippen LogP contribution in [-0.2, 0) is 11.3 Å². The van der Waals surface area contributed by atoms with Crippen LogP contribution in [0.5, 0.6) is 0 Å². The summed E-state index contributed by atoms with van der Waals surface area (Å²) in [5.41, 5.74) is 3.57. The first-order valence-corrected chi connectivity index (χ1v) is 7.01. The lowest BCUT2D eigenvalue weighted by Gasteiger charge is -2.11. The van der Waals surface area contributed by atoms with Crippen LogP contribution in [0.4, 0.5) is 0 Å². The maximum absolute atomic E-state index is 11.6. The van der Waals surface area contributed by atoms with E-state index >= 15 is 0 Å². The van der Waals surface area contributed by atoms with Gasteiger partial charge in [-0.15, -0.1) is 0 Å². The van der Waals surface area contributed by atoms with Gasteiger partial charge in [0.25, 0.3) is 0 Å². The monoisotopic (exact) mass is 259 g/mol. The largest absolute Gasteiger partial charge is 0.352 e. The van der Waals surface area contributed by atoms with Gasteiger partial charge < -0.3 is 5.32 Å². The lowest BCUT2D eigenvalue weighted by atomic mass is 10.0. The summed E-state index contributed by atoms with van der Waals surface area (Å²) in [5.74, 6) is 0.119. The molecule has 0 fully saturated rings. The van der Waals surface area contributed by atoms with E-state index in [1.165, 1.54) is 11.1 Å². The van der Waals surface area contributed by atoms with Crippen molar-refractivity contribution in [1.82, 2.24) is 5.32 Å². The zero-order chi connectivity index (χ0) is 13.0. The molecule has 94 valence electrons. The molecule has 2 nitrogen and oxygen atoms in total. The third kappa shape index (κ3) is 2.99. The maximum atomic E-state index is 11.6. The molecule has 0 aliphatic heterocycles. The number of nitrogens with one attached hydrogen (secondary N) is 1. The van der Waals surface area contributed by atoms with Crippen molar-refractivity contribution in [2.75, 3.05) is 0 Å². The molecule has 0 saturated carbocycles. The minimum Gasteiger partial charge on any atom is -0.352 e. The highest BCUT2D eigenvalue weighted by Crippen LogP contribution is 2.25. The van der Waals surface area contributed by atoms with E-state index in [-0.39, 0.29) is 11.8 Å². The first kappa shape index (κ1) is 12.8. The maximum Gasteiger partial charge on any atom is 0.222 e. The summed E-state index contributed by atoms with van der Waals surface area (Å²) in [4.78, 5) is 11.6. The Kier molecular flexibility index (Phi) is 4.15. The minimum atomic E-state index is 0.0262. The molecule has 0 unspecified atom stereocenters. The Bertz CT molecular complexity index is 517. The topological polar surface area (TPSA) is 29.1 Å². The van der Waals surface area contributed by atoms with Gasteiger partial charge in [0.1, 0.15) is 0 Å². The first-order valence-electron chi connectivity index (χ1n) is 6.06. The van der Waals surface area contributed by atoms with Crippen molar-refractivity contribution in [1.29, 1.82) is 0 Å². The second-order valence-electron chi connectivity index (χ2n) is 4.54. The Labute approximate surface area is 112 Å². The third-order valence-electron chi connectivity index (χ3n) is 2.83. The number of carbonyl (C=O) groups is 1. The van der Waals surface area contributed by atoms with Crippen LogP contribution in [0.15, 0.2) is 41.1 Å². The van der Waals surface area contributed by atoms with Gasteiger partial charge in [-0.25, -0.2) is 0 Å². The van der Waals surface area contributed by atoms with E-state index in [1.54, 1.807) is 11.3 Å². The van der Waals surface area contributed by atoms with Gasteiger partial charge in [0.2, 0.25) is 5.91 Å². The molecule has 2 rings (SSSR count). The van der Waals surface area contributed by atoms with Crippen molar-refractivity contribution < 1.29 is 4.79 Å². The average molecular weight is 259 g/mol. The number of carbonyl (C=O) groups excluding carboxylic acids is 1. The van der Waals surface area contributed by atoms with Gasteiger partial charge in [-0.3, -0.25) is 4.79 Å². The summed E-state index contributed by atoms with van der Waals surface area (Å²) >= 11 is 1.69. The quantitative estimate of drug-likeness (QED) is 0.891. The number of rotatable bonds is 4. The molecule has 0 saturated heterocycles. The fourth-order valence-electron chi connectivity index (χ4n) is 1.76. The second kappa shape index (κ2) is 5.83. The molecule has 0 radical (unpaired) electrons. The summed E-state index contributed by atoms with van der Waals surface area (Å²) in [6.45, 7) is 4.39. The van der Waals surface area contributed by atoms with E-state index < -0.39 is 0 Å². The van der Waals surface area contributed by atoms with Crippen molar-refractivity contribution >= 4 is 17.2 Å². The molecule has 1 N–H and O–H groups in total. The van der Waals surface area contributed by atoms with Crippen LogP contribution >= 0.6 is 11.3 Å². The summed E-state index contributed by atoms with van der Waals surface area (Å²) in [7, 11) is 0. The molecule has 0 aliphatic carbocycles. The summed E-state index contributed by atoms with van der Waals surface area (Å²) in [6, 6.07) is 10.3. The van der Waals surface area contributed by atoms with Crippen molar-refractivity contribution in [3.8, 4) is 11.1 Å². The van der Waals surface area contributed by atoms with Crippen LogP contribution in [0.3, 0.4) is 0 Å². The highest BCUT2D eigenvalue weighted by molar-refractivity contribution is 7.08. The molecule has 0 bridgehead atoms. The number of thiophene rings is 1. The van der Waals surface area contributed by atoms with E-state index in [2.05, 4.69) is 34.3 Å². The van der Waals surface area contributed by atoms with Crippen molar-refractivity contribution in [2.45, 2.75) is 20.4 Å². The lowest BCUT2D eigenvalue weighted by molar-refractivity contribution is -0.124. The Balaban J connectivity index is 2.16. The Hall–Kier alpha value is -1.61. The summed E-state index contributed by atoms with van der Waals surface area (Å²) < 4.78 is 0. The molecule has 0 aliphatic rings. The smallest absolute Gasteiger partial charge is 0.222 e. The molecule has 1 aromatic heterocycles. The van der Waals surface area contributed by atoms with Crippen LogP contribution in [0.2, 0.25) is 0 Å².